The van der Waals surface area contributed by atoms with Gasteiger partial charge in [0.2, 0.25) is 5.91 Å². The van der Waals surface area contributed by atoms with Gasteiger partial charge in [0.05, 0.1) is 6.42 Å². The number of piperidine rings is 1. The van der Waals surface area contributed by atoms with E-state index in [0.29, 0.717) is 6.42 Å². The summed E-state index contributed by atoms with van der Waals surface area (Å²) in [6.45, 7) is 3.75. The molecule has 2 N–H and O–H groups in total. The van der Waals surface area contributed by atoms with Crippen molar-refractivity contribution in [2.24, 2.45) is 11.3 Å². The number of aliphatic hydroxyl groups excluding tert-OH is 1. The highest BCUT2D eigenvalue weighted by atomic mass is 32.1. The zero-order valence-electron chi connectivity index (χ0n) is 11.7. The molecule has 1 atom stereocenters. The standard InChI is InChI=1S/C15H22N2O2S/c18-10-12-9-17(11-15(12)3-5-16-6-4-15)14(19)8-13-2-1-7-20-13/h1-2,7,12,16,18H,3-6,8-11H2. The van der Waals surface area contributed by atoms with E-state index in [9.17, 15) is 9.90 Å². The number of hydrogen-bond donors (Lipinski definition) is 2. The maximum absolute atomic E-state index is 12.4. The Kier molecular flexibility index (Phi) is 4.10. The lowest BCUT2D eigenvalue weighted by molar-refractivity contribution is -0.129. The smallest absolute Gasteiger partial charge is 0.227 e. The fraction of sp³-hybridized carbons (Fsp3) is 0.667. The van der Waals surface area contributed by atoms with Crippen molar-refractivity contribution >= 4 is 17.2 Å². The van der Waals surface area contributed by atoms with Crippen molar-refractivity contribution < 1.29 is 9.90 Å². The monoisotopic (exact) mass is 294 g/mol. The van der Waals surface area contributed by atoms with Gasteiger partial charge in [-0.15, -0.1) is 11.3 Å². The molecule has 1 aromatic heterocycles. The molecular formula is C15H22N2O2S. The van der Waals surface area contributed by atoms with Crippen LogP contribution in [-0.4, -0.2) is 48.7 Å². The predicted octanol–water partition coefficient (Wildman–Crippen LogP) is 1.11. The average molecular weight is 294 g/mol. The van der Waals surface area contributed by atoms with Crippen LogP contribution in [0.3, 0.4) is 0 Å². The number of rotatable bonds is 3. The maximum Gasteiger partial charge on any atom is 0.227 e. The second-order valence-corrected chi connectivity index (χ2v) is 7.05. The van der Waals surface area contributed by atoms with Crippen molar-refractivity contribution in [2.45, 2.75) is 19.3 Å². The zero-order valence-corrected chi connectivity index (χ0v) is 12.5. The minimum atomic E-state index is 0.144. The molecule has 2 saturated heterocycles. The van der Waals surface area contributed by atoms with Crippen molar-refractivity contribution in [3.63, 3.8) is 0 Å². The lowest BCUT2D eigenvalue weighted by Crippen LogP contribution is -2.43. The van der Waals surface area contributed by atoms with Crippen LogP contribution < -0.4 is 5.32 Å². The van der Waals surface area contributed by atoms with Crippen molar-refractivity contribution in [2.75, 3.05) is 32.8 Å². The van der Waals surface area contributed by atoms with E-state index in [4.69, 9.17) is 0 Å². The molecule has 20 heavy (non-hydrogen) atoms. The van der Waals surface area contributed by atoms with Crippen molar-refractivity contribution in [3.8, 4) is 0 Å². The van der Waals surface area contributed by atoms with Crippen LogP contribution >= 0.6 is 11.3 Å². The summed E-state index contributed by atoms with van der Waals surface area (Å²) in [6, 6.07) is 4.00. The maximum atomic E-state index is 12.4. The summed E-state index contributed by atoms with van der Waals surface area (Å²) in [6.07, 6.45) is 2.65. The summed E-state index contributed by atoms with van der Waals surface area (Å²) in [7, 11) is 0. The molecule has 3 rings (SSSR count). The van der Waals surface area contributed by atoms with Crippen LogP contribution in [0.4, 0.5) is 0 Å². The SMILES string of the molecule is O=C(Cc1cccs1)N1CC(CO)C2(CCNCC2)C1. The van der Waals surface area contributed by atoms with Crippen molar-refractivity contribution in [1.29, 1.82) is 0 Å². The summed E-state index contributed by atoms with van der Waals surface area (Å²) in [5.41, 5.74) is 0.144. The minimum Gasteiger partial charge on any atom is -0.396 e. The predicted molar refractivity (Wildman–Crippen MR) is 79.7 cm³/mol. The first-order chi connectivity index (χ1) is 9.73. The van der Waals surface area contributed by atoms with Gasteiger partial charge in [0.25, 0.3) is 0 Å². The molecule has 2 fully saturated rings. The van der Waals surface area contributed by atoms with E-state index in [2.05, 4.69) is 5.32 Å². The number of thiophene rings is 1. The Morgan fingerprint density at radius 3 is 2.95 bits per heavy atom. The molecular weight excluding hydrogens is 272 g/mol. The number of carbonyl (C=O) groups excluding carboxylic acids is 1. The third-order valence-electron chi connectivity index (χ3n) is 4.89. The van der Waals surface area contributed by atoms with E-state index in [1.165, 1.54) is 0 Å². The molecule has 1 unspecified atom stereocenters. The van der Waals surface area contributed by atoms with E-state index in [1.807, 2.05) is 22.4 Å². The van der Waals surface area contributed by atoms with Crippen LogP contribution in [0.1, 0.15) is 17.7 Å². The van der Waals surface area contributed by atoms with Gasteiger partial charge in [-0.05, 0) is 42.8 Å². The van der Waals surface area contributed by atoms with E-state index in [0.717, 1.165) is 43.9 Å². The number of hydrogen-bond acceptors (Lipinski definition) is 4. The first-order valence-electron chi connectivity index (χ1n) is 7.35. The molecule has 0 saturated carbocycles. The summed E-state index contributed by atoms with van der Waals surface area (Å²) in [5.74, 6) is 0.457. The van der Waals surface area contributed by atoms with E-state index >= 15 is 0 Å². The van der Waals surface area contributed by atoms with Crippen LogP contribution in [0.25, 0.3) is 0 Å². The van der Waals surface area contributed by atoms with Crippen LogP contribution in [0, 0.1) is 11.3 Å². The summed E-state index contributed by atoms with van der Waals surface area (Å²) in [5, 5.41) is 15.1. The van der Waals surface area contributed by atoms with Crippen LogP contribution in [0.15, 0.2) is 17.5 Å². The largest absolute Gasteiger partial charge is 0.396 e. The second kappa shape index (κ2) is 5.84. The molecule has 0 aromatic carbocycles. The third kappa shape index (κ3) is 2.62. The van der Waals surface area contributed by atoms with Gasteiger partial charge in [-0.2, -0.15) is 0 Å². The number of amides is 1. The topological polar surface area (TPSA) is 52.6 Å². The summed E-state index contributed by atoms with van der Waals surface area (Å²) < 4.78 is 0. The van der Waals surface area contributed by atoms with Gasteiger partial charge < -0.3 is 15.3 Å². The van der Waals surface area contributed by atoms with Gasteiger partial charge in [0, 0.05) is 30.5 Å². The Balaban J connectivity index is 1.68. The fourth-order valence-corrected chi connectivity index (χ4v) is 4.34. The van der Waals surface area contributed by atoms with Crippen LogP contribution in [0.2, 0.25) is 0 Å². The number of aliphatic hydroxyl groups is 1. The van der Waals surface area contributed by atoms with Gasteiger partial charge in [-0.1, -0.05) is 6.07 Å². The van der Waals surface area contributed by atoms with Gasteiger partial charge in [-0.25, -0.2) is 0 Å². The first kappa shape index (κ1) is 14.0. The lowest BCUT2D eigenvalue weighted by Gasteiger charge is -2.37. The molecule has 2 aliphatic heterocycles. The Labute approximate surface area is 123 Å². The molecule has 0 bridgehead atoms. The summed E-state index contributed by atoms with van der Waals surface area (Å²) in [4.78, 5) is 15.5. The zero-order chi connectivity index (χ0) is 14.0. The quantitative estimate of drug-likeness (QED) is 0.878. The molecule has 110 valence electrons. The van der Waals surface area contributed by atoms with Crippen molar-refractivity contribution in [1.82, 2.24) is 10.2 Å². The molecule has 4 nitrogen and oxygen atoms in total. The average Bonchev–Trinajstić information content (AvgIpc) is 3.08. The minimum absolute atomic E-state index is 0.144. The third-order valence-corrected chi connectivity index (χ3v) is 5.77. The molecule has 1 aromatic rings. The number of carbonyl (C=O) groups is 1. The second-order valence-electron chi connectivity index (χ2n) is 6.02. The Hall–Kier alpha value is -0.910. The van der Waals surface area contributed by atoms with Gasteiger partial charge in [0.15, 0.2) is 0 Å². The van der Waals surface area contributed by atoms with E-state index < -0.39 is 0 Å². The Bertz CT molecular complexity index is 454. The van der Waals surface area contributed by atoms with Gasteiger partial charge in [0.1, 0.15) is 0 Å². The number of nitrogens with one attached hydrogen (secondary N) is 1. The van der Waals surface area contributed by atoms with Gasteiger partial charge >= 0.3 is 0 Å². The first-order valence-corrected chi connectivity index (χ1v) is 8.23. The van der Waals surface area contributed by atoms with E-state index in [-0.39, 0.29) is 23.8 Å². The molecule has 1 amide bonds. The fourth-order valence-electron chi connectivity index (χ4n) is 3.64. The highest BCUT2D eigenvalue weighted by molar-refractivity contribution is 7.10. The normalized spacial score (nSPS) is 25.2. The van der Waals surface area contributed by atoms with Crippen LogP contribution in [-0.2, 0) is 11.2 Å². The highest BCUT2D eigenvalue weighted by Crippen LogP contribution is 2.43. The number of nitrogens with zero attached hydrogens (tertiary/aromatic N) is 1. The number of likely N-dealkylation sites (tertiary alicyclic amines) is 1. The molecule has 5 heteroatoms. The summed E-state index contributed by atoms with van der Waals surface area (Å²) >= 11 is 1.64. The lowest BCUT2D eigenvalue weighted by atomic mass is 9.71. The molecule has 1 spiro atoms. The van der Waals surface area contributed by atoms with Crippen molar-refractivity contribution in [3.05, 3.63) is 22.4 Å². The highest BCUT2D eigenvalue weighted by Gasteiger charge is 2.47. The van der Waals surface area contributed by atoms with Crippen LogP contribution in [0.5, 0.6) is 0 Å². The Morgan fingerprint density at radius 2 is 2.30 bits per heavy atom. The molecule has 0 aliphatic carbocycles. The molecule has 0 radical (unpaired) electrons. The molecule has 3 heterocycles. The Morgan fingerprint density at radius 1 is 1.50 bits per heavy atom. The molecule has 2 aliphatic rings. The van der Waals surface area contributed by atoms with E-state index in [1.54, 1.807) is 11.3 Å². The van der Waals surface area contributed by atoms with Gasteiger partial charge in [-0.3, -0.25) is 4.79 Å².